The van der Waals surface area contributed by atoms with Crippen molar-refractivity contribution in [3.63, 3.8) is 0 Å². The van der Waals surface area contributed by atoms with Crippen molar-refractivity contribution in [3.8, 4) is 0 Å². The molecule has 7 nitrogen and oxygen atoms in total. The van der Waals surface area contributed by atoms with E-state index in [0.717, 1.165) is 54.4 Å². The molecule has 1 fully saturated rings. The zero-order chi connectivity index (χ0) is 26.8. The first-order chi connectivity index (χ1) is 19.0. The Morgan fingerprint density at radius 2 is 1.74 bits per heavy atom. The molecule has 1 N–H and O–H groups in total. The standard InChI is InChI=1S/C31H31FN6O/c1-21-7-12-28-25(17-21)19-27(31(39)33-28)29(30-34-35-36-38(30)20-24-8-10-26(32)11-9-24)37-15-13-23(14-16-37)18-22-5-3-2-4-6-22/h2-12,17,19,23,29H,13-16,18,20H2,1H3,(H,33,39). The molecule has 39 heavy (non-hydrogen) atoms. The summed E-state index contributed by atoms with van der Waals surface area (Å²) in [6.45, 7) is 4.09. The second kappa shape index (κ2) is 10.9. The molecule has 0 bridgehead atoms. The van der Waals surface area contributed by atoms with E-state index in [1.54, 1.807) is 16.8 Å². The molecule has 1 saturated heterocycles. The number of nitrogens with one attached hydrogen (secondary N) is 1. The third-order valence-corrected chi connectivity index (χ3v) is 7.75. The van der Waals surface area contributed by atoms with Gasteiger partial charge in [0.1, 0.15) is 11.9 Å². The van der Waals surface area contributed by atoms with Crippen LogP contribution >= 0.6 is 0 Å². The van der Waals surface area contributed by atoms with E-state index < -0.39 is 6.04 Å². The lowest BCUT2D eigenvalue weighted by Crippen LogP contribution is -2.41. The summed E-state index contributed by atoms with van der Waals surface area (Å²) in [5.41, 5.74) is 4.66. The molecule has 3 aromatic carbocycles. The van der Waals surface area contributed by atoms with Crippen molar-refractivity contribution in [1.82, 2.24) is 30.1 Å². The highest BCUT2D eigenvalue weighted by Gasteiger charge is 2.33. The predicted molar refractivity (Wildman–Crippen MR) is 149 cm³/mol. The number of aromatic amines is 1. The normalized spacial score (nSPS) is 15.5. The van der Waals surface area contributed by atoms with E-state index in [9.17, 15) is 9.18 Å². The Bertz CT molecular complexity index is 1620. The lowest BCUT2D eigenvalue weighted by Gasteiger charge is -2.37. The van der Waals surface area contributed by atoms with E-state index in [2.05, 4.69) is 61.8 Å². The molecule has 8 heteroatoms. The average molecular weight is 523 g/mol. The number of piperidine rings is 1. The highest BCUT2D eigenvalue weighted by Crippen LogP contribution is 2.32. The van der Waals surface area contributed by atoms with Crippen LogP contribution in [0, 0.1) is 18.7 Å². The molecule has 0 spiro atoms. The van der Waals surface area contributed by atoms with Gasteiger partial charge in [0, 0.05) is 11.1 Å². The van der Waals surface area contributed by atoms with E-state index in [-0.39, 0.29) is 11.4 Å². The van der Waals surface area contributed by atoms with Crippen LogP contribution in [0.1, 0.15) is 47.0 Å². The third-order valence-electron chi connectivity index (χ3n) is 7.75. The molecule has 1 aliphatic heterocycles. The van der Waals surface area contributed by atoms with Crippen molar-refractivity contribution < 1.29 is 4.39 Å². The van der Waals surface area contributed by atoms with Gasteiger partial charge in [-0.3, -0.25) is 9.69 Å². The van der Waals surface area contributed by atoms with Gasteiger partial charge in [0.25, 0.3) is 5.56 Å². The lowest BCUT2D eigenvalue weighted by atomic mass is 9.89. The molecule has 1 unspecified atom stereocenters. The number of nitrogens with zero attached hydrogens (tertiary/aromatic N) is 5. The van der Waals surface area contributed by atoms with Crippen LogP contribution in [0.2, 0.25) is 0 Å². The minimum atomic E-state index is -0.410. The summed E-state index contributed by atoms with van der Waals surface area (Å²) in [7, 11) is 0. The molecular weight excluding hydrogens is 491 g/mol. The molecule has 0 saturated carbocycles. The van der Waals surface area contributed by atoms with Crippen LogP contribution in [0.15, 0.2) is 83.7 Å². The summed E-state index contributed by atoms with van der Waals surface area (Å²) < 4.78 is 15.2. The number of aryl methyl sites for hydroxylation is 1. The fourth-order valence-corrected chi connectivity index (χ4v) is 5.69. The summed E-state index contributed by atoms with van der Waals surface area (Å²) in [6.07, 6.45) is 3.10. The third kappa shape index (κ3) is 5.52. The van der Waals surface area contributed by atoms with Gasteiger partial charge in [0.2, 0.25) is 0 Å². The van der Waals surface area contributed by atoms with E-state index in [1.165, 1.54) is 17.7 Å². The fourth-order valence-electron chi connectivity index (χ4n) is 5.69. The summed E-state index contributed by atoms with van der Waals surface area (Å²) in [4.78, 5) is 18.9. The number of rotatable bonds is 7. The van der Waals surface area contributed by atoms with Gasteiger partial charge < -0.3 is 4.98 Å². The van der Waals surface area contributed by atoms with Gasteiger partial charge in [-0.2, -0.15) is 0 Å². The number of benzene rings is 3. The molecule has 0 aliphatic carbocycles. The second-order valence-electron chi connectivity index (χ2n) is 10.5. The lowest BCUT2D eigenvalue weighted by molar-refractivity contribution is 0.143. The Morgan fingerprint density at radius 1 is 0.974 bits per heavy atom. The number of tetrazole rings is 1. The highest BCUT2D eigenvalue weighted by molar-refractivity contribution is 5.79. The van der Waals surface area contributed by atoms with Crippen LogP contribution < -0.4 is 5.56 Å². The van der Waals surface area contributed by atoms with E-state index in [0.29, 0.717) is 23.9 Å². The number of aromatic nitrogens is 5. The van der Waals surface area contributed by atoms with Crippen molar-refractivity contribution in [2.75, 3.05) is 13.1 Å². The number of fused-ring (bicyclic) bond motifs is 1. The summed E-state index contributed by atoms with van der Waals surface area (Å²) in [5, 5.41) is 13.7. The fraction of sp³-hybridized carbons (Fsp3) is 0.290. The smallest absolute Gasteiger partial charge is 0.253 e. The minimum absolute atomic E-state index is 0.140. The SMILES string of the molecule is Cc1ccc2[nH]c(=O)c(C(c3nnnn3Cc3ccc(F)cc3)N3CCC(Cc4ccccc4)CC3)cc2c1. The van der Waals surface area contributed by atoms with Crippen LogP contribution in [0.25, 0.3) is 10.9 Å². The van der Waals surface area contributed by atoms with Crippen molar-refractivity contribution in [3.05, 3.63) is 123 Å². The molecule has 6 rings (SSSR count). The first-order valence-electron chi connectivity index (χ1n) is 13.5. The topological polar surface area (TPSA) is 79.7 Å². The number of halogens is 1. The summed E-state index contributed by atoms with van der Waals surface area (Å²) in [5.74, 6) is 0.903. The van der Waals surface area contributed by atoms with E-state index in [1.807, 2.05) is 25.1 Å². The van der Waals surface area contributed by atoms with Gasteiger partial charge >= 0.3 is 0 Å². The Hall–Kier alpha value is -4.17. The highest BCUT2D eigenvalue weighted by atomic mass is 19.1. The maximum absolute atomic E-state index is 13.5. The molecule has 5 aromatic rings. The van der Waals surface area contributed by atoms with Gasteiger partial charge in [0.15, 0.2) is 5.82 Å². The molecule has 3 heterocycles. The average Bonchev–Trinajstić information content (AvgIpc) is 3.39. The van der Waals surface area contributed by atoms with Crippen molar-refractivity contribution in [2.45, 2.75) is 38.8 Å². The summed E-state index contributed by atoms with van der Waals surface area (Å²) >= 11 is 0. The number of H-pyrrole nitrogens is 1. The van der Waals surface area contributed by atoms with E-state index >= 15 is 0 Å². The molecule has 1 aliphatic rings. The molecule has 1 atom stereocenters. The molecule has 0 amide bonds. The molecule has 198 valence electrons. The van der Waals surface area contributed by atoms with Crippen LogP contribution in [0.4, 0.5) is 4.39 Å². The Labute approximate surface area is 226 Å². The minimum Gasteiger partial charge on any atom is -0.322 e. The van der Waals surface area contributed by atoms with Gasteiger partial charge in [-0.1, -0.05) is 54.1 Å². The number of likely N-dealkylation sites (tertiary alicyclic amines) is 1. The predicted octanol–water partition coefficient (Wildman–Crippen LogP) is 5.05. The van der Waals surface area contributed by atoms with Gasteiger partial charge in [-0.25, -0.2) is 9.07 Å². The largest absolute Gasteiger partial charge is 0.322 e. The van der Waals surface area contributed by atoms with Crippen molar-refractivity contribution >= 4 is 10.9 Å². The van der Waals surface area contributed by atoms with Gasteiger partial charge in [-0.15, -0.1) is 5.10 Å². The Morgan fingerprint density at radius 3 is 2.51 bits per heavy atom. The molecule has 0 radical (unpaired) electrons. The van der Waals surface area contributed by atoms with Gasteiger partial charge in [-0.05, 0) is 102 Å². The zero-order valence-corrected chi connectivity index (χ0v) is 21.9. The Kier molecular flexibility index (Phi) is 7.02. The maximum atomic E-state index is 13.5. The number of hydrogen-bond donors (Lipinski definition) is 1. The maximum Gasteiger partial charge on any atom is 0.253 e. The second-order valence-corrected chi connectivity index (χ2v) is 10.5. The van der Waals surface area contributed by atoms with Crippen LogP contribution in [-0.2, 0) is 13.0 Å². The van der Waals surface area contributed by atoms with Crippen LogP contribution in [-0.4, -0.2) is 43.2 Å². The Balaban J connectivity index is 1.35. The van der Waals surface area contributed by atoms with Crippen LogP contribution in [0.3, 0.4) is 0 Å². The zero-order valence-electron chi connectivity index (χ0n) is 21.9. The van der Waals surface area contributed by atoms with Gasteiger partial charge in [0.05, 0.1) is 6.54 Å². The number of hydrogen-bond acceptors (Lipinski definition) is 5. The number of pyridine rings is 1. The van der Waals surface area contributed by atoms with Crippen LogP contribution in [0.5, 0.6) is 0 Å². The van der Waals surface area contributed by atoms with Crippen molar-refractivity contribution in [1.29, 1.82) is 0 Å². The first-order valence-corrected chi connectivity index (χ1v) is 13.5. The molecule has 2 aromatic heterocycles. The quantitative estimate of drug-likeness (QED) is 0.323. The van der Waals surface area contributed by atoms with Crippen molar-refractivity contribution in [2.24, 2.45) is 5.92 Å². The first kappa shape index (κ1) is 25.1. The monoisotopic (exact) mass is 522 g/mol. The van der Waals surface area contributed by atoms with E-state index in [4.69, 9.17) is 0 Å². The summed E-state index contributed by atoms with van der Waals surface area (Å²) in [6, 6.07) is 24.5. The molecular formula is C31H31FN6O.